The minimum absolute atomic E-state index is 0.0283. The molecule has 2 unspecified atom stereocenters. The van der Waals surface area contributed by atoms with E-state index in [4.69, 9.17) is 16.3 Å². The van der Waals surface area contributed by atoms with E-state index in [1.807, 2.05) is 29.7 Å². The molecule has 0 saturated heterocycles. The van der Waals surface area contributed by atoms with E-state index < -0.39 is 0 Å². The molecule has 1 fully saturated rings. The van der Waals surface area contributed by atoms with Crippen molar-refractivity contribution in [2.75, 3.05) is 0 Å². The van der Waals surface area contributed by atoms with Crippen LogP contribution in [0.4, 0.5) is 0 Å². The molecular weight excluding hydrogens is 348 g/mol. The summed E-state index contributed by atoms with van der Waals surface area (Å²) < 4.78 is 7.93. The van der Waals surface area contributed by atoms with Crippen LogP contribution in [0.5, 0.6) is 0 Å². The van der Waals surface area contributed by atoms with Gasteiger partial charge in [-0.25, -0.2) is 4.98 Å². The van der Waals surface area contributed by atoms with Gasteiger partial charge in [-0.15, -0.1) is 0 Å². The molecule has 1 aromatic heterocycles. The Morgan fingerprint density at radius 2 is 2.15 bits per heavy atom. The number of esters is 1. The highest BCUT2D eigenvalue weighted by Crippen LogP contribution is 2.35. The summed E-state index contributed by atoms with van der Waals surface area (Å²) in [7, 11) is 0. The lowest BCUT2D eigenvalue weighted by molar-refractivity contribution is -0.156. The molecule has 0 N–H and O–H groups in total. The number of hydrogen-bond acceptors (Lipinski definition) is 3. The van der Waals surface area contributed by atoms with Crippen molar-refractivity contribution >= 4 is 28.6 Å². The topological polar surface area (TPSA) is 44.1 Å². The molecule has 0 amide bonds. The summed E-state index contributed by atoms with van der Waals surface area (Å²) in [6.07, 6.45) is 4.12. The molecule has 5 heteroatoms. The van der Waals surface area contributed by atoms with Crippen LogP contribution in [-0.2, 0) is 22.5 Å². The number of halogens is 1. The van der Waals surface area contributed by atoms with Crippen LogP contribution in [0, 0.1) is 17.8 Å². The molecule has 0 bridgehead atoms. The zero-order valence-electron chi connectivity index (χ0n) is 16.2. The van der Waals surface area contributed by atoms with Gasteiger partial charge in [0.15, 0.2) is 0 Å². The standard InChI is InChI=1S/C21H29ClN2O2/c1-5-20-23-17-11-15(22)7-9-18(17)24(20)12-21(25)26-19-10-14(4)6-8-16(19)13(2)3/h7,9,11,13-14,16,19H,5-6,8,10,12H2,1-4H3/t14?,16?,19-/m1/s1. The van der Waals surface area contributed by atoms with E-state index in [2.05, 4.69) is 25.8 Å². The van der Waals surface area contributed by atoms with Gasteiger partial charge in [-0.3, -0.25) is 4.79 Å². The van der Waals surface area contributed by atoms with Crippen molar-refractivity contribution in [1.82, 2.24) is 9.55 Å². The highest BCUT2D eigenvalue weighted by atomic mass is 35.5. The highest BCUT2D eigenvalue weighted by molar-refractivity contribution is 6.31. The van der Waals surface area contributed by atoms with Gasteiger partial charge in [0.25, 0.3) is 0 Å². The van der Waals surface area contributed by atoms with Crippen molar-refractivity contribution in [2.45, 2.75) is 66.0 Å². The van der Waals surface area contributed by atoms with Crippen LogP contribution in [0.2, 0.25) is 5.02 Å². The molecule has 1 aliphatic carbocycles. The van der Waals surface area contributed by atoms with E-state index >= 15 is 0 Å². The number of aryl methyl sites for hydroxylation is 1. The predicted molar refractivity (Wildman–Crippen MR) is 105 cm³/mol. The maximum atomic E-state index is 12.7. The summed E-state index contributed by atoms with van der Waals surface area (Å²) in [5.74, 6) is 2.32. The first-order valence-electron chi connectivity index (χ1n) is 9.73. The van der Waals surface area contributed by atoms with E-state index in [9.17, 15) is 4.79 Å². The number of fused-ring (bicyclic) bond motifs is 1. The van der Waals surface area contributed by atoms with Gasteiger partial charge >= 0.3 is 5.97 Å². The molecule has 0 aliphatic heterocycles. The average Bonchev–Trinajstić information content (AvgIpc) is 2.91. The van der Waals surface area contributed by atoms with Crippen LogP contribution in [0.25, 0.3) is 11.0 Å². The molecule has 1 heterocycles. The fourth-order valence-electron chi connectivity index (χ4n) is 4.18. The molecule has 2 aromatic rings. The molecule has 3 rings (SSSR count). The first kappa shape index (κ1) is 19.2. The minimum Gasteiger partial charge on any atom is -0.461 e. The van der Waals surface area contributed by atoms with Gasteiger partial charge in [-0.2, -0.15) is 0 Å². The van der Waals surface area contributed by atoms with Crippen molar-refractivity contribution in [3.05, 3.63) is 29.0 Å². The summed E-state index contributed by atoms with van der Waals surface area (Å²) in [5.41, 5.74) is 1.76. The van der Waals surface area contributed by atoms with Gasteiger partial charge < -0.3 is 9.30 Å². The summed E-state index contributed by atoms with van der Waals surface area (Å²) in [6, 6.07) is 5.61. The quantitative estimate of drug-likeness (QED) is 0.669. The molecule has 26 heavy (non-hydrogen) atoms. The Labute approximate surface area is 160 Å². The molecular formula is C21H29ClN2O2. The van der Waals surface area contributed by atoms with Gasteiger partial charge in [0.2, 0.25) is 0 Å². The summed E-state index contributed by atoms with van der Waals surface area (Å²) in [4.78, 5) is 17.4. The normalized spacial score (nSPS) is 23.5. The zero-order valence-corrected chi connectivity index (χ0v) is 16.9. The second-order valence-electron chi connectivity index (χ2n) is 7.96. The van der Waals surface area contributed by atoms with Crippen LogP contribution < -0.4 is 0 Å². The van der Waals surface area contributed by atoms with E-state index in [1.165, 1.54) is 6.42 Å². The van der Waals surface area contributed by atoms with Crippen molar-refractivity contribution < 1.29 is 9.53 Å². The highest BCUT2D eigenvalue weighted by Gasteiger charge is 2.33. The number of nitrogens with zero attached hydrogens (tertiary/aromatic N) is 2. The molecule has 4 nitrogen and oxygen atoms in total. The third kappa shape index (κ3) is 4.06. The molecule has 142 valence electrons. The van der Waals surface area contributed by atoms with Gasteiger partial charge in [0, 0.05) is 11.4 Å². The molecule has 1 aliphatic rings. The predicted octanol–water partition coefficient (Wildman–Crippen LogP) is 5.26. The Morgan fingerprint density at radius 3 is 2.85 bits per heavy atom. The third-order valence-corrected chi connectivity index (χ3v) is 5.87. The first-order valence-corrected chi connectivity index (χ1v) is 10.1. The number of carbonyl (C=O) groups excluding carboxylic acids is 1. The fourth-order valence-corrected chi connectivity index (χ4v) is 4.35. The Hall–Kier alpha value is -1.55. The summed E-state index contributed by atoms with van der Waals surface area (Å²) in [6.45, 7) is 8.95. The number of carbonyl (C=O) groups is 1. The number of rotatable bonds is 5. The van der Waals surface area contributed by atoms with Crippen molar-refractivity contribution in [2.24, 2.45) is 17.8 Å². The number of aromatic nitrogens is 2. The van der Waals surface area contributed by atoms with Crippen LogP contribution in [0.1, 0.15) is 52.8 Å². The smallest absolute Gasteiger partial charge is 0.326 e. The third-order valence-electron chi connectivity index (χ3n) is 5.64. The maximum Gasteiger partial charge on any atom is 0.326 e. The first-order chi connectivity index (χ1) is 12.4. The van der Waals surface area contributed by atoms with E-state index in [0.717, 1.165) is 36.1 Å². The number of benzene rings is 1. The van der Waals surface area contributed by atoms with Gasteiger partial charge in [-0.1, -0.05) is 45.7 Å². The Bertz CT molecular complexity index is 784. The Balaban J connectivity index is 1.78. The van der Waals surface area contributed by atoms with Gasteiger partial charge in [0.1, 0.15) is 18.5 Å². The maximum absolute atomic E-state index is 12.7. The second kappa shape index (κ2) is 7.99. The van der Waals surface area contributed by atoms with Gasteiger partial charge in [-0.05, 0) is 48.8 Å². The van der Waals surface area contributed by atoms with Crippen LogP contribution in [0.3, 0.4) is 0 Å². The number of imidazole rings is 1. The SMILES string of the molecule is CCc1nc2cc(Cl)ccc2n1CC(=O)O[C@@H]1CC(C)CCC1C(C)C. The molecule has 1 aromatic carbocycles. The fraction of sp³-hybridized carbons (Fsp3) is 0.619. The molecule has 1 saturated carbocycles. The molecule has 3 atom stereocenters. The lowest BCUT2D eigenvalue weighted by Crippen LogP contribution is -2.36. The second-order valence-corrected chi connectivity index (χ2v) is 8.39. The number of hydrogen-bond donors (Lipinski definition) is 0. The molecule has 0 spiro atoms. The number of ether oxygens (including phenoxy) is 1. The van der Waals surface area contributed by atoms with Crippen molar-refractivity contribution in [3.8, 4) is 0 Å². The lowest BCUT2D eigenvalue weighted by atomic mass is 9.75. The summed E-state index contributed by atoms with van der Waals surface area (Å²) >= 11 is 6.08. The lowest BCUT2D eigenvalue weighted by Gasteiger charge is -2.36. The van der Waals surface area contributed by atoms with Gasteiger partial charge in [0.05, 0.1) is 11.0 Å². The zero-order chi connectivity index (χ0) is 18.8. The minimum atomic E-state index is -0.168. The largest absolute Gasteiger partial charge is 0.461 e. The van der Waals surface area contributed by atoms with Crippen molar-refractivity contribution in [3.63, 3.8) is 0 Å². The molecule has 0 radical (unpaired) electrons. The van der Waals surface area contributed by atoms with Crippen LogP contribution in [-0.4, -0.2) is 21.6 Å². The Kier molecular flexibility index (Phi) is 5.91. The van der Waals surface area contributed by atoms with Crippen LogP contribution >= 0.6 is 11.6 Å². The summed E-state index contributed by atoms with van der Waals surface area (Å²) in [5, 5.41) is 0.656. The average molecular weight is 377 g/mol. The monoisotopic (exact) mass is 376 g/mol. The van der Waals surface area contributed by atoms with E-state index in [-0.39, 0.29) is 18.6 Å². The van der Waals surface area contributed by atoms with E-state index in [0.29, 0.717) is 22.8 Å². The van der Waals surface area contributed by atoms with E-state index in [1.54, 1.807) is 0 Å². The Morgan fingerprint density at radius 1 is 1.38 bits per heavy atom. The van der Waals surface area contributed by atoms with Crippen LogP contribution in [0.15, 0.2) is 18.2 Å². The van der Waals surface area contributed by atoms with Crippen molar-refractivity contribution in [1.29, 1.82) is 0 Å².